The molecule has 0 spiro atoms. The number of rotatable bonds is 6. The fourth-order valence-electron chi connectivity index (χ4n) is 1.23. The van der Waals surface area contributed by atoms with Crippen molar-refractivity contribution < 1.29 is 5.11 Å². The number of nitrogens with zero attached hydrogens (tertiary/aromatic N) is 2. The van der Waals surface area contributed by atoms with Gasteiger partial charge in [-0.15, -0.1) is 11.8 Å². The quantitative estimate of drug-likeness (QED) is 0.773. The number of aliphatic hydroxyl groups excluding tert-OH is 1. The van der Waals surface area contributed by atoms with Crippen molar-refractivity contribution in [3.05, 3.63) is 24.0 Å². The lowest BCUT2D eigenvalue weighted by Crippen LogP contribution is -2.14. The molecule has 1 aromatic rings. The minimum absolute atomic E-state index is 0.430. The molecule has 0 aliphatic rings. The first kappa shape index (κ1) is 13.5. The highest BCUT2D eigenvalue weighted by atomic mass is 32.2. The van der Waals surface area contributed by atoms with Gasteiger partial charge in [-0.3, -0.25) is 4.98 Å². The van der Waals surface area contributed by atoms with Crippen molar-refractivity contribution in [2.24, 2.45) is 0 Å². The first-order chi connectivity index (χ1) is 7.63. The minimum Gasteiger partial charge on any atom is -0.387 e. The molecule has 3 nitrogen and oxygen atoms in total. The van der Waals surface area contributed by atoms with Gasteiger partial charge in [0, 0.05) is 23.4 Å². The van der Waals surface area contributed by atoms with Crippen LogP contribution in [0, 0.1) is 0 Å². The zero-order chi connectivity index (χ0) is 12.0. The maximum absolute atomic E-state index is 9.59. The number of hydrogen-bond acceptors (Lipinski definition) is 4. The first-order valence-corrected chi connectivity index (χ1v) is 6.53. The van der Waals surface area contributed by atoms with Crippen LogP contribution in [0.25, 0.3) is 0 Å². The fraction of sp³-hybridized carbons (Fsp3) is 0.583. The van der Waals surface area contributed by atoms with Crippen LogP contribution in [0.1, 0.15) is 25.1 Å². The van der Waals surface area contributed by atoms with E-state index in [-0.39, 0.29) is 0 Å². The van der Waals surface area contributed by atoms with Gasteiger partial charge in [-0.05, 0) is 32.6 Å². The maximum Gasteiger partial charge on any atom is 0.0957 e. The Morgan fingerprint density at radius 2 is 2.19 bits per heavy atom. The molecular weight excluding hydrogens is 220 g/mol. The summed E-state index contributed by atoms with van der Waals surface area (Å²) in [4.78, 5) is 7.59. The normalized spacial score (nSPS) is 13.1. The summed E-state index contributed by atoms with van der Waals surface area (Å²) in [7, 11) is 4.14. The molecule has 0 aliphatic heterocycles. The molecule has 0 radical (unpaired) electrons. The van der Waals surface area contributed by atoms with Gasteiger partial charge < -0.3 is 10.0 Å². The van der Waals surface area contributed by atoms with Crippen molar-refractivity contribution in [2.45, 2.75) is 24.3 Å². The molecular formula is C12H20N2OS. The van der Waals surface area contributed by atoms with Gasteiger partial charge in [0.15, 0.2) is 0 Å². The van der Waals surface area contributed by atoms with E-state index in [1.165, 1.54) is 0 Å². The Labute approximate surface area is 102 Å². The van der Waals surface area contributed by atoms with E-state index in [9.17, 15) is 5.11 Å². The van der Waals surface area contributed by atoms with Crippen LogP contribution < -0.4 is 0 Å². The molecule has 0 aliphatic carbocycles. The van der Waals surface area contributed by atoms with Gasteiger partial charge in [-0.1, -0.05) is 6.92 Å². The molecule has 1 rings (SSSR count). The van der Waals surface area contributed by atoms with Crippen LogP contribution in [0.3, 0.4) is 0 Å². The Hall–Kier alpha value is -0.580. The van der Waals surface area contributed by atoms with Crippen molar-refractivity contribution in [2.75, 3.05) is 26.4 Å². The second-order valence-electron chi connectivity index (χ2n) is 3.99. The van der Waals surface area contributed by atoms with E-state index in [4.69, 9.17) is 0 Å². The number of aromatic nitrogens is 1. The van der Waals surface area contributed by atoms with Crippen molar-refractivity contribution in [3.63, 3.8) is 0 Å². The molecule has 1 aromatic heterocycles. The standard InChI is InChI=1S/C12H20N2OS/c1-4-12(15)11-6-5-10(9-13-11)16-8-7-14(2)3/h5-6,9,12,15H,4,7-8H2,1-3H3/t12-/m0/s1. The molecule has 90 valence electrons. The largest absolute Gasteiger partial charge is 0.387 e. The molecule has 1 N–H and O–H groups in total. The van der Waals surface area contributed by atoms with E-state index in [1.54, 1.807) is 11.8 Å². The third-order valence-corrected chi connectivity index (χ3v) is 3.26. The molecule has 0 fully saturated rings. The Bertz CT molecular complexity index is 300. The van der Waals surface area contributed by atoms with E-state index < -0.39 is 6.10 Å². The molecule has 0 bridgehead atoms. The van der Waals surface area contributed by atoms with E-state index in [1.807, 2.05) is 25.3 Å². The summed E-state index contributed by atoms with van der Waals surface area (Å²) in [6.45, 7) is 3.01. The molecule has 1 heterocycles. The van der Waals surface area contributed by atoms with Crippen LogP contribution in [0.15, 0.2) is 23.2 Å². The van der Waals surface area contributed by atoms with Gasteiger partial charge >= 0.3 is 0 Å². The van der Waals surface area contributed by atoms with Crippen LogP contribution in [-0.4, -0.2) is 41.4 Å². The molecule has 0 aromatic carbocycles. The molecule has 0 amide bonds. The third kappa shape index (κ3) is 4.51. The van der Waals surface area contributed by atoms with E-state index in [2.05, 4.69) is 24.0 Å². The second kappa shape index (κ2) is 6.89. The number of hydrogen-bond donors (Lipinski definition) is 1. The maximum atomic E-state index is 9.59. The molecule has 16 heavy (non-hydrogen) atoms. The highest BCUT2D eigenvalue weighted by Gasteiger charge is 2.05. The SMILES string of the molecule is CC[C@H](O)c1ccc(SCCN(C)C)cn1. The van der Waals surface area contributed by atoms with Crippen molar-refractivity contribution in [1.82, 2.24) is 9.88 Å². The number of pyridine rings is 1. The van der Waals surface area contributed by atoms with Gasteiger partial charge in [-0.2, -0.15) is 0 Å². The van der Waals surface area contributed by atoms with E-state index in [0.717, 1.165) is 22.9 Å². The minimum atomic E-state index is -0.430. The summed E-state index contributed by atoms with van der Waals surface area (Å²) in [5, 5.41) is 9.59. The average Bonchev–Trinajstić information content (AvgIpc) is 2.28. The summed E-state index contributed by atoms with van der Waals surface area (Å²) < 4.78 is 0. The van der Waals surface area contributed by atoms with Crippen molar-refractivity contribution in [3.8, 4) is 0 Å². The monoisotopic (exact) mass is 240 g/mol. The van der Waals surface area contributed by atoms with Gasteiger partial charge in [0.1, 0.15) is 0 Å². The van der Waals surface area contributed by atoms with Gasteiger partial charge in [-0.25, -0.2) is 0 Å². The third-order valence-electron chi connectivity index (χ3n) is 2.29. The highest BCUT2D eigenvalue weighted by Crippen LogP contribution is 2.19. The van der Waals surface area contributed by atoms with Crippen LogP contribution in [0.2, 0.25) is 0 Å². The zero-order valence-electron chi connectivity index (χ0n) is 10.2. The van der Waals surface area contributed by atoms with Crippen LogP contribution in [0.5, 0.6) is 0 Å². The number of thioether (sulfide) groups is 1. The highest BCUT2D eigenvalue weighted by molar-refractivity contribution is 7.99. The zero-order valence-corrected chi connectivity index (χ0v) is 11.0. The molecule has 0 saturated carbocycles. The van der Waals surface area contributed by atoms with Crippen LogP contribution in [-0.2, 0) is 0 Å². The Morgan fingerprint density at radius 1 is 1.44 bits per heavy atom. The Balaban J connectivity index is 2.45. The molecule has 1 atom stereocenters. The fourth-order valence-corrected chi connectivity index (χ4v) is 2.21. The summed E-state index contributed by atoms with van der Waals surface area (Å²) in [6, 6.07) is 3.94. The Morgan fingerprint density at radius 3 is 2.69 bits per heavy atom. The summed E-state index contributed by atoms with van der Waals surface area (Å²) >= 11 is 1.79. The predicted molar refractivity (Wildman–Crippen MR) is 68.8 cm³/mol. The van der Waals surface area contributed by atoms with Crippen molar-refractivity contribution >= 4 is 11.8 Å². The second-order valence-corrected chi connectivity index (χ2v) is 5.16. The van der Waals surface area contributed by atoms with E-state index in [0.29, 0.717) is 6.42 Å². The first-order valence-electron chi connectivity index (χ1n) is 5.55. The lowest BCUT2D eigenvalue weighted by molar-refractivity contribution is 0.169. The topological polar surface area (TPSA) is 36.4 Å². The molecule has 4 heteroatoms. The number of aliphatic hydroxyl groups is 1. The van der Waals surface area contributed by atoms with Gasteiger partial charge in [0.25, 0.3) is 0 Å². The van der Waals surface area contributed by atoms with Crippen LogP contribution in [0.4, 0.5) is 0 Å². The lowest BCUT2D eigenvalue weighted by atomic mass is 10.2. The Kier molecular flexibility index (Phi) is 5.80. The summed E-state index contributed by atoms with van der Waals surface area (Å²) in [6.07, 6.45) is 2.12. The lowest BCUT2D eigenvalue weighted by Gasteiger charge is -2.10. The summed E-state index contributed by atoms with van der Waals surface area (Å²) in [5.41, 5.74) is 0.763. The average molecular weight is 240 g/mol. The molecule has 0 unspecified atom stereocenters. The van der Waals surface area contributed by atoms with E-state index >= 15 is 0 Å². The molecule has 0 saturated heterocycles. The van der Waals surface area contributed by atoms with Crippen molar-refractivity contribution in [1.29, 1.82) is 0 Å². The smallest absolute Gasteiger partial charge is 0.0957 e. The van der Waals surface area contributed by atoms with Gasteiger partial charge in [0.2, 0.25) is 0 Å². The van der Waals surface area contributed by atoms with Crippen LogP contribution >= 0.6 is 11.8 Å². The van der Waals surface area contributed by atoms with Gasteiger partial charge in [0.05, 0.1) is 11.8 Å². The predicted octanol–water partition coefficient (Wildman–Crippen LogP) is 2.18. The summed E-state index contributed by atoms with van der Waals surface area (Å²) in [5.74, 6) is 1.06.